The smallest absolute Gasteiger partial charge is 0.243 e. The van der Waals surface area contributed by atoms with E-state index in [1.807, 2.05) is 24.3 Å². The maximum atomic E-state index is 13.3. The molecule has 2 aromatic carbocycles. The van der Waals surface area contributed by atoms with Gasteiger partial charge >= 0.3 is 0 Å². The van der Waals surface area contributed by atoms with Gasteiger partial charge in [0.2, 0.25) is 10.0 Å². The minimum Gasteiger partial charge on any atom is -0.329 e. The molecule has 0 bridgehead atoms. The van der Waals surface area contributed by atoms with Gasteiger partial charge in [0.15, 0.2) is 11.6 Å². The lowest BCUT2D eigenvalue weighted by Gasteiger charge is -2.31. The zero-order chi connectivity index (χ0) is 18.0. The Morgan fingerprint density at radius 1 is 1.04 bits per heavy atom. The van der Waals surface area contributed by atoms with Crippen LogP contribution in [0.25, 0.3) is 0 Å². The number of quaternary nitrogens is 1. The average molecular weight is 388 g/mol. The molecule has 134 valence electrons. The van der Waals surface area contributed by atoms with E-state index < -0.39 is 21.7 Å². The van der Waals surface area contributed by atoms with Gasteiger partial charge in [0.1, 0.15) is 6.54 Å². The second-order valence-electron chi connectivity index (χ2n) is 6.00. The monoisotopic (exact) mass is 387 g/mol. The standard InChI is InChI=1S/C17H17ClF2N2O2S/c18-15-4-2-1-3-13(15)12-21-7-9-22(10-8-21)25(23,24)14-5-6-16(19)17(20)11-14/h1-6,11H,7-10,12H2/p+1. The lowest BCUT2D eigenvalue weighted by molar-refractivity contribution is -0.917. The molecule has 25 heavy (non-hydrogen) atoms. The summed E-state index contributed by atoms with van der Waals surface area (Å²) >= 11 is 6.17. The fourth-order valence-corrected chi connectivity index (χ4v) is 4.57. The lowest BCUT2D eigenvalue weighted by atomic mass is 10.2. The molecule has 0 atom stereocenters. The first-order valence-corrected chi connectivity index (χ1v) is 9.72. The van der Waals surface area contributed by atoms with E-state index in [1.165, 1.54) is 9.21 Å². The quantitative estimate of drug-likeness (QED) is 0.867. The minimum absolute atomic E-state index is 0.221. The second kappa shape index (κ2) is 7.37. The van der Waals surface area contributed by atoms with Gasteiger partial charge in [-0.1, -0.05) is 29.8 Å². The van der Waals surface area contributed by atoms with Crippen molar-refractivity contribution in [2.24, 2.45) is 0 Å². The molecule has 0 amide bonds. The molecule has 4 nitrogen and oxygen atoms in total. The maximum Gasteiger partial charge on any atom is 0.243 e. The Kier molecular flexibility index (Phi) is 5.38. The fraction of sp³-hybridized carbons (Fsp3) is 0.294. The topological polar surface area (TPSA) is 41.8 Å². The Hall–Kier alpha value is -1.54. The van der Waals surface area contributed by atoms with Gasteiger partial charge in [0.25, 0.3) is 0 Å². The van der Waals surface area contributed by atoms with Crippen LogP contribution in [0.15, 0.2) is 47.4 Å². The van der Waals surface area contributed by atoms with Crippen LogP contribution in [-0.2, 0) is 16.6 Å². The highest BCUT2D eigenvalue weighted by atomic mass is 35.5. The van der Waals surface area contributed by atoms with Crippen molar-refractivity contribution in [1.29, 1.82) is 0 Å². The summed E-state index contributed by atoms with van der Waals surface area (Å²) in [5.41, 5.74) is 1.02. The SMILES string of the molecule is O=S(=O)(c1ccc(F)c(F)c1)N1CC[NH+](Cc2ccccc2Cl)CC1. The number of nitrogens with zero attached hydrogens (tertiary/aromatic N) is 1. The van der Waals surface area contributed by atoms with Crippen molar-refractivity contribution in [2.45, 2.75) is 11.4 Å². The highest BCUT2D eigenvalue weighted by Crippen LogP contribution is 2.19. The first-order chi connectivity index (χ1) is 11.9. The van der Waals surface area contributed by atoms with E-state index in [-0.39, 0.29) is 4.90 Å². The zero-order valence-corrected chi connectivity index (χ0v) is 15.0. The Labute approximate surface area is 150 Å². The van der Waals surface area contributed by atoms with Crippen molar-refractivity contribution in [3.05, 3.63) is 64.7 Å². The zero-order valence-electron chi connectivity index (χ0n) is 13.4. The third kappa shape index (κ3) is 4.00. The highest BCUT2D eigenvalue weighted by Gasteiger charge is 2.31. The molecule has 2 aromatic rings. The van der Waals surface area contributed by atoms with E-state index in [1.54, 1.807) is 0 Å². The molecule has 0 unspecified atom stereocenters. The van der Waals surface area contributed by atoms with Crippen molar-refractivity contribution in [3.63, 3.8) is 0 Å². The first-order valence-electron chi connectivity index (χ1n) is 7.90. The van der Waals surface area contributed by atoms with Gasteiger partial charge in [-0.15, -0.1) is 0 Å². The van der Waals surface area contributed by atoms with Crippen LogP contribution in [0.2, 0.25) is 5.02 Å². The molecule has 0 spiro atoms. The van der Waals surface area contributed by atoms with Crippen LogP contribution in [0.4, 0.5) is 8.78 Å². The van der Waals surface area contributed by atoms with Gasteiger partial charge in [0.05, 0.1) is 31.1 Å². The summed E-state index contributed by atoms with van der Waals surface area (Å²) in [5.74, 6) is -2.22. The van der Waals surface area contributed by atoms with E-state index in [0.29, 0.717) is 31.2 Å². The first kappa shape index (κ1) is 18.3. The van der Waals surface area contributed by atoms with Gasteiger partial charge in [0, 0.05) is 10.6 Å². The van der Waals surface area contributed by atoms with Crippen molar-refractivity contribution in [2.75, 3.05) is 26.2 Å². The summed E-state index contributed by atoms with van der Waals surface area (Å²) in [5, 5.41) is 0.701. The Bertz CT molecular complexity index is 869. The molecule has 0 aromatic heterocycles. The van der Waals surface area contributed by atoms with Gasteiger partial charge in [-0.05, 0) is 24.3 Å². The Balaban J connectivity index is 1.67. The Morgan fingerprint density at radius 3 is 2.36 bits per heavy atom. The van der Waals surface area contributed by atoms with Crippen LogP contribution in [0.3, 0.4) is 0 Å². The van der Waals surface area contributed by atoms with Crippen LogP contribution < -0.4 is 4.90 Å². The Morgan fingerprint density at radius 2 is 1.72 bits per heavy atom. The molecule has 1 N–H and O–H groups in total. The molecule has 0 aliphatic carbocycles. The van der Waals surface area contributed by atoms with Crippen molar-refractivity contribution in [3.8, 4) is 0 Å². The molecular weight excluding hydrogens is 370 g/mol. The third-order valence-electron chi connectivity index (χ3n) is 4.36. The molecule has 0 radical (unpaired) electrons. The molecule has 1 fully saturated rings. The van der Waals surface area contributed by atoms with E-state index in [0.717, 1.165) is 30.3 Å². The summed E-state index contributed by atoms with van der Waals surface area (Å²) in [6, 6.07) is 10.2. The predicted molar refractivity (Wildman–Crippen MR) is 91.0 cm³/mol. The van der Waals surface area contributed by atoms with Crippen LogP contribution in [-0.4, -0.2) is 38.9 Å². The minimum atomic E-state index is -3.82. The summed E-state index contributed by atoms with van der Waals surface area (Å²) in [7, 11) is -3.82. The molecule has 1 heterocycles. The molecule has 8 heteroatoms. The number of rotatable bonds is 4. The average Bonchev–Trinajstić information content (AvgIpc) is 2.60. The fourth-order valence-electron chi connectivity index (χ4n) is 2.92. The summed E-state index contributed by atoms with van der Waals surface area (Å²) in [6.07, 6.45) is 0. The van der Waals surface area contributed by atoms with E-state index in [2.05, 4.69) is 0 Å². The van der Waals surface area contributed by atoms with E-state index >= 15 is 0 Å². The highest BCUT2D eigenvalue weighted by molar-refractivity contribution is 7.89. The molecule has 1 aliphatic heterocycles. The largest absolute Gasteiger partial charge is 0.329 e. The summed E-state index contributed by atoms with van der Waals surface area (Å²) < 4.78 is 52.8. The van der Waals surface area contributed by atoms with E-state index in [9.17, 15) is 17.2 Å². The molecular formula is C17H18ClF2N2O2S+. The number of hydrogen-bond acceptors (Lipinski definition) is 2. The van der Waals surface area contributed by atoms with Crippen LogP contribution >= 0.6 is 11.6 Å². The van der Waals surface area contributed by atoms with Gasteiger partial charge in [-0.2, -0.15) is 4.31 Å². The lowest BCUT2D eigenvalue weighted by Crippen LogP contribution is -3.13. The summed E-state index contributed by atoms with van der Waals surface area (Å²) in [4.78, 5) is 1.01. The predicted octanol–water partition coefficient (Wildman–Crippen LogP) is 1.71. The van der Waals surface area contributed by atoms with Crippen molar-refractivity contribution >= 4 is 21.6 Å². The van der Waals surface area contributed by atoms with Crippen molar-refractivity contribution in [1.82, 2.24) is 4.31 Å². The maximum absolute atomic E-state index is 13.3. The number of benzene rings is 2. The molecule has 1 saturated heterocycles. The number of nitrogens with one attached hydrogen (secondary N) is 1. The third-order valence-corrected chi connectivity index (χ3v) is 6.62. The van der Waals surface area contributed by atoms with Gasteiger partial charge < -0.3 is 4.90 Å². The van der Waals surface area contributed by atoms with Crippen LogP contribution in [0.5, 0.6) is 0 Å². The molecule has 1 aliphatic rings. The number of sulfonamides is 1. The number of halogens is 3. The molecule has 0 saturated carbocycles. The normalized spacial score (nSPS) is 16.9. The number of piperazine rings is 1. The summed E-state index contributed by atoms with van der Waals surface area (Å²) in [6.45, 7) is 2.60. The number of hydrogen-bond donors (Lipinski definition) is 1. The van der Waals surface area contributed by atoms with Gasteiger partial charge in [-0.25, -0.2) is 17.2 Å². The van der Waals surface area contributed by atoms with Crippen LogP contribution in [0, 0.1) is 11.6 Å². The van der Waals surface area contributed by atoms with E-state index in [4.69, 9.17) is 11.6 Å². The van der Waals surface area contributed by atoms with Crippen molar-refractivity contribution < 1.29 is 22.1 Å². The second-order valence-corrected chi connectivity index (χ2v) is 8.34. The van der Waals surface area contributed by atoms with Gasteiger partial charge in [-0.3, -0.25) is 0 Å². The van der Waals surface area contributed by atoms with Crippen LogP contribution in [0.1, 0.15) is 5.56 Å². The molecule has 3 rings (SSSR count).